The number of rotatable bonds is 8. The Hall–Kier alpha value is -3.75. The van der Waals surface area contributed by atoms with Crippen LogP contribution in [0, 0.1) is 5.82 Å². The number of carbonyl (C=O) groups is 4. The smallest absolute Gasteiger partial charge is 0.324 e. The van der Waals surface area contributed by atoms with Gasteiger partial charge in [-0.1, -0.05) is 18.2 Å². The van der Waals surface area contributed by atoms with Gasteiger partial charge in [-0.25, -0.2) is 9.18 Å². The van der Waals surface area contributed by atoms with Crippen LogP contribution in [-0.4, -0.2) is 41.7 Å². The summed E-state index contributed by atoms with van der Waals surface area (Å²) in [7, 11) is 0. The Bertz CT molecular complexity index is 946. The van der Waals surface area contributed by atoms with Crippen LogP contribution in [-0.2, 0) is 20.8 Å². The van der Waals surface area contributed by atoms with Crippen LogP contribution >= 0.6 is 0 Å². The maximum absolute atomic E-state index is 13.6. The standard InChI is InChI=1S/C21H21FN4O4/c22-17-4-2-1-3-14(17)5-10-18(27)24-15-6-8-16(9-7-15)25-19(28)11-12-26-20(29)13-23-21(26)30/h1-4,6-9H,5,10-13H2,(H,23,30)(H,24,27)(H,25,28). The number of urea groups is 1. The highest BCUT2D eigenvalue weighted by Gasteiger charge is 2.28. The van der Waals surface area contributed by atoms with Gasteiger partial charge in [-0.2, -0.15) is 0 Å². The maximum Gasteiger partial charge on any atom is 0.324 e. The summed E-state index contributed by atoms with van der Waals surface area (Å²) in [6, 6.07) is 12.3. The van der Waals surface area contributed by atoms with Gasteiger partial charge in [0.1, 0.15) is 5.82 Å². The number of halogens is 1. The largest absolute Gasteiger partial charge is 0.329 e. The molecule has 5 amide bonds. The van der Waals surface area contributed by atoms with Crippen LogP contribution < -0.4 is 16.0 Å². The molecule has 30 heavy (non-hydrogen) atoms. The van der Waals surface area contributed by atoms with E-state index in [0.717, 1.165) is 4.90 Å². The van der Waals surface area contributed by atoms with Crippen molar-refractivity contribution in [1.29, 1.82) is 0 Å². The second kappa shape index (κ2) is 9.64. The Morgan fingerprint density at radius 1 is 0.933 bits per heavy atom. The van der Waals surface area contributed by atoms with Crippen LogP contribution in [0.25, 0.3) is 0 Å². The van der Waals surface area contributed by atoms with Gasteiger partial charge in [0, 0.05) is 30.8 Å². The molecule has 0 saturated carbocycles. The average Bonchev–Trinajstić information content (AvgIpc) is 3.05. The number of hydrogen-bond acceptors (Lipinski definition) is 4. The lowest BCUT2D eigenvalue weighted by Gasteiger charge is -2.12. The molecule has 9 heteroatoms. The molecule has 1 aliphatic rings. The first-order chi connectivity index (χ1) is 14.4. The van der Waals surface area contributed by atoms with Crippen molar-refractivity contribution in [3.63, 3.8) is 0 Å². The summed E-state index contributed by atoms with van der Waals surface area (Å²) in [5, 5.41) is 7.78. The van der Waals surface area contributed by atoms with Crippen molar-refractivity contribution in [2.45, 2.75) is 19.3 Å². The fraction of sp³-hybridized carbons (Fsp3) is 0.238. The molecule has 0 unspecified atom stereocenters. The number of hydrogen-bond donors (Lipinski definition) is 3. The summed E-state index contributed by atoms with van der Waals surface area (Å²) in [6.07, 6.45) is 0.417. The molecule has 0 aliphatic carbocycles. The SMILES string of the molecule is O=C(CCc1ccccc1F)Nc1ccc(NC(=O)CCN2C(=O)CNC2=O)cc1. The van der Waals surface area contributed by atoms with Crippen molar-refractivity contribution in [1.82, 2.24) is 10.2 Å². The number of aryl methyl sites for hydroxylation is 1. The highest BCUT2D eigenvalue weighted by molar-refractivity contribution is 6.02. The number of nitrogens with one attached hydrogen (secondary N) is 3. The number of amides is 5. The quantitative estimate of drug-likeness (QED) is 0.578. The second-order valence-corrected chi connectivity index (χ2v) is 6.72. The van der Waals surface area contributed by atoms with Crippen LogP contribution in [0.4, 0.5) is 20.6 Å². The highest BCUT2D eigenvalue weighted by Crippen LogP contribution is 2.15. The molecule has 3 N–H and O–H groups in total. The summed E-state index contributed by atoms with van der Waals surface area (Å²) in [5.74, 6) is -1.28. The zero-order chi connectivity index (χ0) is 21.5. The van der Waals surface area contributed by atoms with Crippen molar-refractivity contribution in [3.05, 3.63) is 59.9 Å². The van der Waals surface area contributed by atoms with E-state index < -0.39 is 6.03 Å². The Morgan fingerprint density at radius 3 is 2.10 bits per heavy atom. The first kappa shape index (κ1) is 21.0. The van der Waals surface area contributed by atoms with E-state index in [1.165, 1.54) is 6.07 Å². The molecule has 2 aromatic rings. The monoisotopic (exact) mass is 412 g/mol. The fourth-order valence-electron chi connectivity index (χ4n) is 2.93. The lowest BCUT2D eigenvalue weighted by atomic mass is 10.1. The molecule has 156 valence electrons. The highest BCUT2D eigenvalue weighted by atomic mass is 19.1. The third kappa shape index (κ3) is 5.63. The van der Waals surface area contributed by atoms with E-state index in [4.69, 9.17) is 0 Å². The minimum atomic E-state index is -0.497. The van der Waals surface area contributed by atoms with Gasteiger partial charge in [0.05, 0.1) is 6.54 Å². The van der Waals surface area contributed by atoms with Gasteiger partial charge in [0.2, 0.25) is 17.7 Å². The Labute approximate surface area is 172 Å². The van der Waals surface area contributed by atoms with E-state index >= 15 is 0 Å². The van der Waals surface area contributed by atoms with Crippen molar-refractivity contribution >= 4 is 35.1 Å². The summed E-state index contributed by atoms with van der Waals surface area (Å²) < 4.78 is 13.6. The van der Waals surface area contributed by atoms with Gasteiger partial charge in [0.25, 0.3) is 0 Å². The van der Waals surface area contributed by atoms with Gasteiger partial charge in [-0.15, -0.1) is 0 Å². The van der Waals surface area contributed by atoms with E-state index in [1.807, 2.05) is 0 Å². The maximum atomic E-state index is 13.6. The number of imide groups is 1. The van der Waals surface area contributed by atoms with E-state index in [1.54, 1.807) is 42.5 Å². The predicted octanol–water partition coefficient (Wildman–Crippen LogP) is 2.28. The molecule has 8 nitrogen and oxygen atoms in total. The topological polar surface area (TPSA) is 108 Å². The number of benzene rings is 2. The first-order valence-corrected chi connectivity index (χ1v) is 9.44. The third-order valence-corrected chi connectivity index (χ3v) is 4.53. The van der Waals surface area contributed by atoms with Gasteiger partial charge < -0.3 is 16.0 Å². The van der Waals surface area contributed by atoms with Crippen LogP contribution in [0.2, 0.25) is 0 Å². The molecule has 0 bridgehead atoms. The van der Waals surface area contributed by atoms with Gasteiger partial charge in [-0.3, -0.25) is 19.3 Å². The minimum absolute atomic E-state index is 0.00660. The molecule has 1 heterocycles. The molecule has 0 atom stereocenters. The lowest BCUT2D eigenvalue weighted by Crippen LogP contribution is -2.33. The molecule has 1 fully saturated rings. The lowest BCUT2D eigenvalue weighted by molar-refractivity contribution is -0.125. The van der Waals surface area contributed by atoms with Crippen LogP contribution in [0.15, 0.2) is 48.5 Å². The molecule has 0 radical (unpaired) electrons. The number of anilines is 2. The van der Waals surface area contributed by atoms with Gasteiger partial charge in [-0.05, 0) is 42.3 Å². The molecular weight excluding hydrogens is 391 g/mol. The number of carbonyl (C=O) groups excluding carboxylic acids is 4. The molecule has 0 aromatic heterocycles. The normalized spacial score (nSPS) is 13.2. The van der Waals surface area contributed by atoms with E-state index in [-0.39, 0.29) is 49.5 Å². The minimum Gasteiger partial charge on any atom is -0.329 e. The molecule has 2 aromatic carbocycles. The number of nitrogens with zero attached hydrogens (tertiary/aromatic N) is 1. The van der Waals surface area contributed by atoms with Crippen LogP contribution in [0.3, 0.4) is 0 Å². The van der Waals surface area contributed by atoms with Crippen molar-refractivity contribution in [2.75, 3.05) is 23.7 Å². The molecular formula is C21H21FN4O4. The van der Waals surface area contributed by atoms with E-state index in [9.17, 15) is 23.6 Å². The zero-order valence-electron chi connectivity index (χ0n) is 16.1. The second-order valence-electron chi connectivity index (χ2n) is 6.72. The van der Waals surface area contributed by atoms with E-state index in [0.29, 0.717) is 23.4 Å². The fourth-order valence-corrected chi connectivity index (χ4v) is 2.93. The zero-order valence-corrected chi connectivity index (χ0v) is 16.1. The van der Waals surface area contributed by atoms with Crippen molar-refractivity contribution in [3.8, 4) is 0 Å². The summed E-state index contributed by atoms with van der Waals surface area (Å²) in [5.41, 5.74) is 1.55. The average molecular weight is 412 g/mol. The third-order valence-electron chi connectivity index (χ3n) is 4.53. The Kier molecular flexibility index (Phi) is 6.74. The first-order valence-electron chi connectivity index (χ1n) is 9.44. The molecule has 0 spiro atoms. The molecule has 3 rings (SSSR count). The Morgan fingerprint density at radius 2 is 1.53 bits per heavy atom. The summed E-state index contributed by atoms with van der Waals surface area (Å²) in [6.45, 7) is -0.0411. The molecule has 1 aliphatic heterocycles. The van der Waals surface area contributed by atoms with Crippen LogP contribution in [0.5, 0.6) is 0 Å². The summed E-state index contributed by atoms with van der Waals surface area (Å²) >= 11 is 0. The summed E-state index contributed by atoms with van der Waals surface area (Å²) in [4.78, 5) is 48.0. The van der Waals surface area contributed by atoms with Crippen molar-refractivity contribution in [2.24, 2.45) is 0 Å². The van der Waals surface area contributed by atoms with Crippen molar-refractivity contribution < 1.29 is 23.6 Å². The predicted molar refractivity (Wildman–Crippen MR) is 108 cm³/mol. The van der Waals surface area contributed by atoms with Gasteiger partial charge >= 0.3 is 6.03 Å². The van der Waals surface area contributed by atoms with Crippen LogP contribution in [0.1, 0.15) is 18.4 Å². The van der Waals surface area contributed by atoms with Gasteiger partial charge in [0.15, 0.2) is 0 Å². The Balaban J connectivity index is 1.43. The van der Waals surface area contributed by atoms with E-state index in [2.05, 4.69) is 16.0 Å². The molecule has 1 saturated heterocycles.